The van der Waals surface area contributed by atoms with E-state index in [1.807, 2.05) is 0 Å². The largest absolute Gasteiger partial charge is 0.497 e. The second-order valence-electron chi connectivity index (χ2n) is 7.03. The van der Waals surface area contributed by atoms with Gasteiger partial charge in [0.2, 0.25) is 11.6 Å². The fourth-order valence-corrected chi connectivity index (χ4v) is 3.18. The highest BCUT2D eigenvalue weighted by Crippen LogP contribution is 2.27. The van der Waals surface area contributed by atoms with E-state index >= 15 is 0 Å². The van der Waals surface area contributed by atoms with Gasteiger partial charge in [0.15, 0.2) is 11.5 Å². The van der Waals surface area contributed by atoms with Crippen molar-refractivity contribution in [1.29, 1.82) is 0 Å². The minimum atomic E-state index is -0.705. The Balaban J connectivity index is 1.95. The topological polar surface area (TPSA) is 80.3 Å². The average molecular weight is 460 g/mol. The van der Waals surface area contributed by atoms with Gasteiger partial charge in [-0.2, -0.15) is 0 Å². The number of benzene rings is 3. The minimum Gasteiger partial charge on any atom is -0.497 e. The highest BCUT2D eigenvalue weighted by molar-refractivity contribution is 6.49. The highest BCUT2D eigenvalue weighted by Gasteiger charge is 2.21. The summed E-state index contributed by atoms with van der Waals surface area (Å²) in [5, 5.41) is 0. The Morgan fingerprint density at radius 2 is 1.03 bits per heavy atom. The summed E-state index contributed by atoms with van der Waals surface area (Å²) < 4.78 is 26.2. The average Bonchev–Trinajstić information content (AvgIpc) is 2.90. The van der Waals surface area contributed by atoms with Crippen molar-refractivity contribution in [2.75, 3.05) is 35.5 Å². The van der Waals surface area contributed by atoms with E-state index in [-0.39, 0.29) is 11.1 Å². The van der Waals surface area contributed by atoms with Gasteiger partial charge in [-0.05, 0) is 48.5 Å². The predicted molar refractivity (Wildman–Crippen MR) is 127 cm³/mol. The number of Topliss-reactive ketones (excluding diaryl/α,β-unsaturated/α-hetero) is 2. The Hall–Kier alpha value is -4.44. The van der Waals surface area contributed by atoms with Gasteiger partial charge >= 0.3 is 0 Å². The van der Waals surface area contributed by atoms with Crippen LogP contribution in [0.5, 0.6) is 28.7 Å². The van der Waals surface area contributed by atoms with Crippen molar-refractivity contribution >= 4 is 11.6 Å². The van der Waals surface area contributed by atoms with Crippen molar-refractivity contribution in [2.24, 2.45) is 0 Å². The smallest absolute Gasteiger partial charge is 0.233 e. The second-order valence-corrected chi connectivity index (χ2v) is 7.03. The Bertz CT molecular complexity index is 1260. The van der Waals surface area contributed by atoms with Crippen molar-refractivity contribution in [3.8, 4) is 40.6 Å². The van der Waals surface area contributed by atoms with E-state index < -0.39 is 11.6 Å². The monoisotopic (exact) mass is 460 g/mol. The zero-order valence-electron chi connectivity index (χ0n) is 19.6. The molecule has 7 nitrogen and oxygen atoms in total. The van der Waals surface area contributed by atoms with Gasteiger partial charge < -0.3 is 23.7 Å². The molecule has 3 aromatic rings. The van der Waals surface area contributed by atoms with Crippen molar-refractivity contribution < 1.29 is 33.3 Å². The molecule has 0 radical (unpaired) electrons. The third kappa shape index (κ3) is 5.48. The van der Waals surface area contributed by atoms with Crippen molar-refractivity contribution in [2.45, 2.75) is 0 Å². The lowest BCUT2D eigenvalue weighted by Gasteiger charge is -2.09. The molecular formula is C27H24O7. The van der Waals surface area contributed by atoms with Crippen LogP contribution >= 0.6 is 0 Å². The Kier molecular flexibility index (Phi) is 7.78. The molecule has 0 aliphatic heterocycles. The fraction of sp³-hybridized carbons (Fsp3) is 0.185. The molecule has 0 heterocycles. The lowest BCUT2D eigenvalue weighted by molar-refractivity contribution is 0.0816. The van der Waals surface area contributed by atoms with E-state index in [9.17, 15) is 9.59 Å². The molecule has 7 heteroatoms. The van der Waals surface area contributed by atoms with E-state index in [2.05, 4.69) is 11.8 Å². The first-order valence-electron chi connectivity index (χ1n) is 10.2. The summed E-state index contributed by atoms with van der Waals surface area (Å²) in [5.74, 6) is 6.98. The Morgan fingerprint density at radius 1 is 0.529 bits per heavy atom. The van der Waals surface area contributed by atoms with E-state index in [0.29, 0.717) is 39.9 Å². The van der Waals surface area contributed by atoms with Crippen LogP contribution in [-0.4, -0.2) is 47.1 Å². The van der Waals surface area contributed by atoms with Crippen LogP contribution in [0.1, 0.15) is 31.8 Å². The predicted octanol–water partition coefficient (Wildman–Crippen LogP) is 4.20. The molecule has 0 saturated heterocycles. The van der Waals surface area contributed by atoms with Gasteiger partial charge in [-0.3, -0.25) is 9.59 Å². The zero-order chi connectivity index (χ0) is 24.7. The van der Waals surface area contributed by atoms with Crippen LogP contribution in [0.25, 0.3) is 0 Å². The normalized spacial score (nSPS) is 9.91. The number of methoxy groups -OCH3 is 5. The molecule has 3 aromatic carbocycles. The molecule has 0 unspecified atom stereocenters. The summed E-state index contributed by atoms with van der Waals surface area (Å²) in [6.07, 6.45) is 0. The molecule has 0 aromatic heterocycles. The quantitative estimate of drug-likeness (QED) is 0.283. The third-order valence-corrected chi connectivity index (χ3v) is 4.96. The van der Waals surface area contributed by atoms with E-state index in [1.165, 1.54) is 39.5 Å². The molecular weight excluding hydrogens is 436 g/mol. The minimum absolute atomic E-state index is 0.155. The molecule has 0 amide bonds. The Labute approximate surface area is 198 Å². The maximum atomic E-state index is 13.0. The van der Waals surface area contributed by atoms with Crippen LogP contribution in [0.3, 0.4) is 0 Å². The fourth-order valence-electron chi connectivity index (χ4n) is 3.18. The number of ketones is 2. The third-order valence-electron chi connectivity index (χ3n) is 4.96. The van der Waals surface area contributed by atoms with E-state index in [4.69, 9.17) is 23.7 Å². The van der Waals surface area contributed by atoms with Crippen LogP contribution in [-0.2, 0) is 0 Å². The van der Waals surface area contributed by atoms with Gasteiger partial charge in [-0.1, -0.05) is 11.8 Å². The first-order chi connectivity index (χ1) is 16.4. The van der Waals surface area contributed by atoms with Crippen LogP contribution in [0.15, 0.2) is 54.6 Å². The van der Waals surface area contributed by atoms with Gasteiger partial charge in [-0.15, -0.1) is 0 Å². The molecule has 0 aliphatic carbocycles. The highest BCUT2D eigenvalue weighted by atomic mass is 16.5. The first kappa shape index (κ1) is 24.2. The summed E-state index contributed by atoms with van der Waals surface area (Å²) in [4.78, 5) is 26.0. The van der Waals surface area contributed by atoms with Crippen molar-refractivity contribution in [1.82, 2.24) is 0 Å². The maximum Gasteiger partial charge on any atom is 0.233 e. The number of rotatable bonds is 8. The molecule has 0 saturated carbocycles. The number of hydrogen-bond donors (Lipinski definition) is 0. The standard InChI is InChI=1S/C27H24O7/c1-30-21-11-18(7-6-17-8-9-24(33-4)25(12-17)34-5)10-19(13-21)26(28)27(29)20-14-22(31-2)16-23(15-20)32-3/h8-16H,1-5H3. The molecule has 0 bridgehead atoms. The van der Waals surface area contributed by atoms with Gasteiger partial charge in [-0.25, -0.2) is 0 Å². The van der Waals surface area contributed by atoms with Gasteiger partial charge in [0.25, 0.3) is 0 Å². The van der Waals surface area contributed by atoms with E-state index in [0.717, 1.165) is 0 Å². The Morgan fingerprint density at radius 3 is 1.56 bits per heavy atom. The molecule has 174 valence electrons. The molecule has 0 N–H and O–H groups in total. The number of carbonyl (C=O) groups is 2. The lowest BCUT2D eigenvalue weighted by atomic mass is 9.99. The summed E-state index contributed by atoms with van der Waals surface area (Å²) >= 11 is 0. The molecule has 0 fully saturated rings. The van der Waals surface area contributed by atoms with Crippen LogP contribution in [0.2, 0.25) is 0 Å². The van der Waals surface area contributed by atoms with Crippen LogP contribution < -0.4 is 23.7 Å². The van der Waals surface area contributed by atoms with Gasteiger partial charge in [0, 0.05) is 28.3 Å². The lowest BCUT2D eigenvalue weighted by Crippen LogP contribution is -2.15. The SMILES string of the molecule is COc1cc(C#Cc2ccc(OC)c(OC)c2)cc(C(=O)C(=O)c2cc(OC)cc(OC)c2)c1. The maximum absolute atomic E-state index is 13.0. The summed E-state index contributed by atoms with van der Waals surface area (Å²) in [6, 6.07) is 14.6. The number of hydrogen-bond acceptors (Lipinski definition) is 7. The summed E-state index contributed by atoms with van der Waals surface area (Å²) in [6.45, 7) is 0. The molecule has 0 aliphatic rings. The first-order valence-corrected chi connectivity index (χ1v) is 10.2. The van der Waals surface area contributed by atoms with Crippen molar-refractivity contribution in [3.63, 3.8) is 0 Å². The molecule has 34 heavy (non-hydrogen) atoms. The van der Waals surface area contributed by atoms with Crippen LogP contribution in [0.4, 0.5) is 0 Å². The number of ether oxygens (including phenoxy) is 5. The summed E-state index contributed by atoms with van der Waals surface area (Å²) in [5.41, 5.74) is 1.51. The summed E-state index contributed by atoms with van der Waals surface area (Å²) in [7, 11) is 7.52. The molecule has 3 rings (SSSR count). The number of carbonyl (C=O) groups excluding carboxylic acids is 2. The van der Waals surface area contributed by atoms with Gasteiger partial charge in [0.05, 0.1) is 35.5 Å². The van der Waals surface area contributed by atoms with Gasteiger partial charge in [0.1, 0.15) is 17.2 Å². The van der Waals surface area contributed by atoms with Crippen LogP contribution in [0, 0.1) is 11.8 Å². The second kappa shape index (κ2) is 10.9. The zero-order valence-corrected chi connectivity index (χ0v) is 19.6. The van der Waals surface area contributed by atoms with Crippen molar-refractivity contribution in [3.05, 3.63) is 76.9 Å². The molecule has 0 atom stereocenters. The van der Waals surface area contributed by atoms with E-state index in [1.54, 1.807) is 50.6 Å². The molecule has 0 spiro atoms.